The van der Waals surface area contributed by atoms with Crippen molar-refractivity contribution in [2.75, 3.05) is 6.61 Å². The molecule has 0 bridgehead atoms. The van der Waals surface area contributed by atoms with Crippen molar-refractivity contribution < 1.29 is 14.6 Å². The summed E-state index contributed by atoms with van der Waals surface area (Å²) in [6.07, 6.45) is 4.63. The number of aliphatic hydroxyl groups excluding tert-OH is 1. The summed E-state index contributed by atoms with van der Waals surface area (Å²) in [5.41, 5.74) is 0.364. The Morgan fingerprint density at radius 2 is 2.27 bits per heavy atom. The molecule has 1 rings (SSSR count). The highest BCUT2D eigenvalue weighted by Gasteiger charge is 2.32. The summed E-state index contributed by atoms with van der Waals surface area (Å²) in [6, 6.07) is 0. The molecule has 0 aliphatic heterocycles. The molecule has 0 aromatic rings. The predicted octanol–water partition coefficient (Wildman–Crippen LogP) is 2.13. The van der Waals surface area contributed by atoms with E-state index in [-0.39, 0.29) is 6.10 Å². The van der Waals surface area contributed by atoms with E-state index in [0.29, 0.717) is 11.3 Å². The zero-order chi connectivity index (χ0) is 11.5. The van der Waals surface area contributed by atoms with Crippen molar-refractivity contribution in [3.63, 3.8) is 0 Å². The van der Waals surface area contributed by atoms with Crippen LogP contribution < -0.4 is 0 Å². The molecule has 3 nitrogen and oxygen atoms in total. The van der Waals surface area contributed by atoms with Gasteiger partial charge >= 0.3 is 5.97 Å². The van der Waals surface area contributed by atoms with Crippen LogP contribution in [0, 0.1) is 11.3 Å². The van der Waals surface area contributed by atoms with E-state index < -0.39 is 12.6 Å². The van der Waals surface area contributed by atoms with Gasteiger partial charge in [0.15, 0.2) is 0 Å². The second-order valence-electron chi connectivity index (χ2n) is 5.37. The van der Waals surface area contributed by atoms with E-state index in [0.717, 1.165) is 12.8 Å². The van der Waals surface area contributed by atoms with Gasteiger partial charge in [0.25, 0.3) is 0 Å². The lowest BCUT2D eigenvalue weighted by molar-refractivity contribution is -0.155. The second-order valence-corrected chi connectivity index (χ2v) is 5.37. The third kappa shape index (κ3) is 3.82. The third-order valence-electron chi connectivity index (χ3n) is 3.35. The largest absolute Gasteiger partial charge is 0.461 e. The first-order chi connectivity index (χ1) is 6.94. The van der Waals surface area contributed by atoms with Gasteiger partial charge in [0.1, 0.15) is 12.7 Å². The number of hydrogen-bond donors (Lipinski definition) is 1. The van der Waals surface area contributed by atoms with Crippen molar-refractivity contribution in [1.29, 1.82) is 0 Å². The summed E-state index contributed by atoms with van der Waals surface area (Å²) < 4.78 is 5.14. The zero-order valence-corrected chi connectivity index (χ0v) is 9.95. The lowest BCUT2D eigenvalue weighted by Gasteiger charge is -2.37. The van der Waals surface area contributed by atoms with Gasteiger partial charge in [-0.15, -0.1) is 0 Å². The van der Waals surface area contributed by atoms with E-state index in [1.165, 1.54) is 12.8 Å². The first-order valence-corrected chi connectivity index (χ1v) is 5.75. The first kappa shape index (κ1) is 12.5. The summed E-state index contributed by atoms with van der Waals surface area (Å²) in [5.74, 6) is -0.0601. The predicted molar refractivity (Wildman–Crippen MR) is 58.4 cm³/mol. The summed E-state index contributed by atoms with van der Waals surface area (Å²) >= 11 is 0. The lowest BCUT2D eigenvalue weighted by Crippen LogP contribution is -2.32. The lowest BCUT2D eigenvalue weighted by atomic mass is 9.71. The molecule has 0 amide bonds. The van der Waals surface area contributed by atoms with Crippen LogP contribution in [0.2, 0.25) is 0 Å². The molecule has 0 radical (unpaired) electrons. The molecule has 1 aliphatic rings. The highest BCUT2D eigenvalue weighted by atomic mass is 16.6. The molecule has 88 valence electrons. The number of ether oxygens (including phenoxy) is 1. The fourth-order valence-electron chi connectivity index (χ4n) is 2.50. The Bertz CT molecular complexity index is 223. The van der Waals surface area contributed by atoms with Gasteiger partial charge in [0.2, 0.25) is 0 Å². The Balaban J connectivity index is 2.45. The molecule has 0 spiro atoms. The van der Waals surface area contributed by atoms with Gasteiger partial charge in [-0.05, 0) is 37.5 Å². The van der Waals surface area contributed by atoms with Crippen LogP contribution in [-0.2, 0) is 9.53 Å². The molecule has 0 aromatic heterocycles. The zero-order valence-electron chi connectivity index (χ0n) is 9.95. The van der Waals surface area contributed by atoms with Crippen LogP contribution in [-0.4, -0.2) is 23.8 Å². The van der Waals surface area contributed by atoms with E-state index in [1.54, 1.807) is 0 Å². The standard InChI is InChI=1S/C12H22O3/c1-9(15-11(14)8-13)10-5-4-6-12(2,3)7-10/h9-10,13H,4-8H2,1-3H3. The number of carbonyl (C=O) groups excluding carboxylic acids is 1. The molecule has 1 aliphatic carbocycles. The van der Waals surface area contributed by atoms with Crippen molar-refractivity contribution in [2.45, 2.75) is 52.6 Å². The van der Waals surface area contributed by atoms with Gasteiger partial charge in [-0.3, -0.25) is 0 Å². The van der Waals surface area contributed by atoms with Crippen molar-refractivity contribution in [1.82, 2.24) is 0 Å². The van der Waals surface area contributed by atoms with E-state index >= 15 is 0 Å². The Morgan fingerprint density at radius 1 is 1.60 bits per heavy atom. The maximum absolute atomic E-state index is 11.0. The van der Waals surface area contributed by atoms with Crippen molar-refractivity contribution in [3.05, 3.63) is 0 Å². The molecule has 1 fully saturated rings. The second kappa shape index (κ2) is 4.97. The smallest absolute Gasteiger partial charge is 0.332 e. The molecule has 2 atom stereocenters. The van der Waals surface area contributed by atoms with Gasteiger partial charge in [0.05, 0.1) is 0 Å². The molecule has 2 unspecified atom stereocenters. The maximum atomic E-state index is 11.0. The highest BCUT2D eigenvalue weighted by molar-refractivity contribution is 5.70. The molecule has 1 N–H and O–H groups in total. The first-order valence-electron chi connectivity index (χ1n) is 5.75. The molecule has 0 heterocycles. The third-order valence-corrected chi connectivity index (χ3v) is 3.35. The van der Waals surface area contributed by atoms with Crippen molar-refractivity contribution in [2.24, 2.45) is 11.3 Å². The van der Waals surface area contributed by atoms with Crippen LogP contribution in [0.1, 0.15) is 46.5 Å². The van der Waals surface area contributed by atoms with Crippen LogP contribution in [0.15, 0.2) is 0 Å². The Labute approximate surface area is 91.8 Å². The Hall–Kier alpha value is -0.570. The van der Waals surface area contributed by atoms with Crippen LogP contribution >= 0.6 is 0 Å². The topological polar surface area (TPSA) is 46.5 Å². The summed E-state index contributed by atoms with van der Waals surface area (Å²) in [7, 11) is 0. The monoisotopic (exact) mass is 214 g/mol. The Kier molecular flexibility index (Phi) is 4.14. The number of aliphatic hydroxyl groups is 1. The minimum Gasteiger partial charge on any atom is -0.461 e. The summed E-state index contributed by atoms with van der Waals surface area (Å²) in [6.45, 7) is 5.94. The van der Waals surface area contributed by atoms with Gasteiger partial charge in [-0.1, -0.05) is 20.3 Å². The molecule has 0 saturated heterocycles. The maximum Gasteiger partial charge on any atom is 0.332 e. The molecule has 3 heteroatoms. The van der Waals surface area contributed by atoms with Gasteiger partial charge < -0.3 is 9.84 Å². The fourth-order valence-corrected chi connectivity index (χ4v) is 2.50. The van der Waals surface area contributed by atoms with E-state index in [9.17, 15) is 4.79 Å². The van der Waals surface area contributed by atoms with E-state index in [2.05, 4.69) is 13.8 Å². The number of carbonyl (C=O) groups is 1. The van der Waals surface area contributed by atoms with E-state index in [4.69, 9.17) is 9.84 Å². The quantitative estimate of drug-likeness (QED) is 0.732. The molecular weight excluding hydrogens is 192 g/mol. The normalized spacial score (nSPS) is 27.1. The number of hydrogen-bond acceptors (Lipinski definition) is 3. The number of esters is 1. The highest BCUT2D eigenvalue weighted by Crippen LogP contribution is 2.40. The fraction of sp³-hybridized carbons (Fsp3) is 0.917. The Morgan fingerprint density at radius 3 is 2.80 bits per heavy atom. The SMILES string of the molecule is CC(OC(=O)CO)C1CCCC(C)(C)C1. The van der Waals surface area contributed by atoms with Gasteiger partial charge in [-0.2, -0.15) is 0 Å². The van der Waals surface area contributed by atoms with Gasteiger partial charge in [-0.25, -0.2) is 4.79 Å². The number of rotatable bonds is 3. The average molecular weight is 214 g/mol. The minimum absolute atomic E-state index is 0.0655. The van der Waals surface area contributed by atoms with Crippen LogP contribution in [0.5, 0.6) is 0 Å². The average Bonchev–Trinajstić information content (AvgIpc) is 2.16. The van der Waals surface area contributed by atoms with Crippen molar-refractivity contribution in [3.8, 4) is 0 Å². The van der Waals surface area contributed by atoms with Crippen LogP contribution in [0.25, 0.3) is 0 Å². The van der Waals surface area contributed by atoms with Crippen LogP contribution in [0.4, 0.5) is 0 Å². The van der Waals surface area contributed by atoms with Crippen LogP contribution in [0.3, 0.4) is 0 Å². The molecule has 1 saturated carbocycles. The molecular formula is C12H22O3. The van der Waals surface area contributed by atoms with Gasteiger partial charge in [0, 0.05) is 0 Å². The summed E-state index contributed by atoms with van der Waals surface area (Å²) in [4.78, 5) is 11.0. The minimum atomic E-state index is -0.513. The van der Waals surface area contributed by atoms with E-state index in [1.807, 2.05) is 6.92 Å². The molecule has 15 heavy (non-hydrogen) atoms. The summed E-state index contributed by atoms with van der Waals surface area (Å²) in [5, 5.41) is 8.61. The van der Waals surface area contributed by atoms with Crippen molar-refractivity contribution >= 4 is 5.97 Å². The molecule has 0 aromatic carbocycles.